The Labute approximate surface area is 121 Å². The average Bonchev–Trinajstić information content (AvgIpc) is 2.81. The lowest BCUT2D eigenvalue weighted by molar-refractivity contribution is -0.121. The molecular weight excluding hydrogens is 272 g/mol. The highest BCUT2D eigenvalue weighted by molar-refractivity contribution is 5.86. The normalized spacial score (nSPS) is 10.3. The van der Waals surface area contributed by atoms with Crippen molar-refractivity contribution in [3.05, 3.63) is 47.3 Å². The fraction of sp³-hybridized carbons (Fsp3) is 0.286. The number of carbonyl (C=O) groups excluding carboxylic acids is 1. The smallest absolute Gasteiger partial charge is 0.358 e. The van der Waals surface area contributed by atoms with Gasteiger partial charge < -0.3 is 10.4 Å². The Morgan fingerprint density at radius 2 is 2.00 bits per heavy atom. The number of benzene rings is 1. The maximum absolute atomic E-state index is 11.8. The number of aromatic carboxylic acids is 1. The number of aromatic nitrogens is 3. The molecule has 110 valence electrons. The molecule has 1 heterocycles. The first-order valence-electron chi connectivity index (χ1n) is 6.52. The number of nitrogens with one attached hydrogen (secondary N) is 1. The van der Waals surface area contributed by atoms with Crippen LogP contribution < -0.4 is 5.32 Å². The van der Waals surface area contributed by atoms with E-state index in [1.54, 1.807) is 6.92 Å². The van der Waals surface area contributed by atoms with Crippen molar-refractivity contribution in [2.45, 2.75) is 19.9 Å². The van der Waals surface area contributed by atoms with E-state index < -0.39 is 5.97 Å². The molecule has 1 aromatic heterocycles. The molecule has 0 aliphatic heterocycles. The predicted molar refractivity (Wildman–Crippen MR) is 74.9 cm³/mol. The topological polar surface area (TPSA) is 97.1 Å². The highest BCUT2D eigenvalue weighted by Crippen LogP contribution is 2.03. The standard InChI is InChI=1S/C14H16N4O3/c1-10-13(14(20)21)16-17-18(10)9-12(19)15-8-7-11-5-3-2-4-6-11/h2-6H,7-9H2,1H3,(H,15,19)(H,20,21). The van der Waals surface area contributed by atoms with E-state index in [0.717, 1.165) is 12.0 Å². The number of carboxylic acid groups (broad SMARTS) is 1. The molecule has 0 aliphatic rings. The second-order valence-electron chi connectivity index (χ2n) is 4.57. The van der Waals surface area contributed by atoms with E-state index in [1.165, 1.54) is 4.68 Å². The fourth-order valence-electron chi connectivity index (χ4n) is 1.89. The number of carboxylic acids is 1. The highest BCUT2D eigenvalue weighted by atomic mass is 16.4. The summed E-state index contributed by atoms with van der Waals surface area (Å²) in [4.78, 5) is 22.6. The molecule has 7 nitrogen and oxygen atoms in total. The van der Waals surface area contributed by atoms with Gasteiger partial charge in [0, 0.05) is 6.54 Å². The minimum Gasteiger partial charge on any atom is -0.476 e. The van der Waals surface area contributed by atoms with Gasteiger partial charge in [0.25, 0.3) is 0 Å². The Morgan fingerprint density at radius 3 is 2.62 bits per heavy atom. The summed E-state index contributed by atoms with van der Waals surface area (Å²) in [5.74, 6) is -1.38. The van der Waals surface area contributed by atoms with E-state index >= 15 is 0 Å². The van der Waals surface area contributed by atoms with Crippen LogP contribution in [-0.2, 0) is 17.8 Å². The van der Waals surface area contributed by atoms with E-state index in [9.17, 15) is 9.59 Å². The third-order valence-corrected chi connectivity index (χ3v) is 3.06. The lowest BCUT2D eigenvalue weighted by atomic mass is 10.1. The molecule has 0 fully saturated rings. The first kappa shape index (κ1) is 14.7. The number of rotatable bonds is 6. The SMILES string of the molecule is Cc1c(C(=O)O)nnn1CC(=O)NCCc1ccccc1. The third kappa shape index (κ3) is 3.88. The summed E-state index contributed by atoms with van der Waals surface area (Å²) >= 11 is 0. The van der Waals surface area contributed by atoms with Crippen LogP contribution >= 0.6 is 0 Å². The molecular formula is C14H16N4O3. The highest BCUT2D eigenvalue weighted by Gasteiger charge is 2.16. The summed E-state index contributed by atoms with van der Waals surface area (Å²) in [5, 5.41) is 18.8. The number of hydrogen-bond donors (Lipinski definition) is 2. The molecule has 0 saturated carbocycles. The van der Waals surface area contributed by atoms with E-state index in [2.05, 4.69) is 15.6 Å². The maximum atomic E-state index is 11.8. The van der Waals surface area contributed by atoms with Crippen LogP contribution in [0.3, 0.4) is 0 Å². The van der Waals surface area contributed by atoms with Gasteiger partial charge in [0.05, 0.1) is 5.69 Å². The summed E-state index contributed by atoms with van der Waals surface area (Å²) in [5.41, 5.74) is 1.37. The zero-order chi connectivity index (χ0) is 15.2. The number of hydrogen-bond acceptors (Lipinski definition) is 4. The molecule has 1 amide bonds. The second kappa shape index (κ2) is 6.65. The molecule has 2 rings (SSSR count). The van der Waals surface area contributed by atoms with Gasteiger partial charge in [-0.25, -0.2) is 9.48 Å². The van der Waals surface area contributed by atoms with Crippen LogP contribution in [0.25, 0.3) is 0 Å². The monoisotopic (exact) mass is 288 g/mol. The van der Waals surface area contributed by atoms with Gasteiger partial charge in [-0.3, -0.25) is 4.79 Å². The molecule has 0 radical (unpaired) electrons. The van der Waals surface area contributed by atoms with Crippen molar-refractivity contribution in [2.75, 3.05) is 6.54 Å². The quantitative estimate of drug-likeness (QED) is 0.813. The zero-order valence-corrected chi connectivity index (χ0v) is 11.6. The fourth-order valence-corrected chi connectivity index (χ4v) is 1.89. The number of nitrogens with zero attached hydrogens (tertiary/aromatic N) is 3. The summed E-state index contributed by atoms with van der Waals surface area (Å²) in [6.45, 7) is 2.05. The van der Waals surface area contributed by atoms with Gasteiger partial charge in [-0.15, -0.1) is 5.10 Å². The van der Waals surface area contributed by atoms with Crippen LogP contribution in [0.2, 0.25) is 0 Å². The van der Waals surface area contributed by atoms with Crippen molar-refractivity contribution in [1.82, 2.24) is 20.3 Å². The molecule has 0 spiro atoms. The number of carbonyl (C=O) groups is 2. The Bertz CT molecular complexity index is 637. The molecule has 0 aliphatic carbocycles. The van der Waals surface area contributed by atoms with Gasteiger partial charge in [-0.2, -0.15) is 0 Å². The van der Waals surface area contributed by atoms with Crippen molar-refractivity contribution in [3.63, 3.8) is 0 Å². The Kier molecular flexibility index (Phi) is 4.65. The van der Waals surface area contributed by atoms with Crippen LogP contribution in [0.1, 0.15) is 21.7 Å². The van der Waals surface area contributed by atoms with Gasteiger partial charge >= 0.3 is 5.97 Å². The van der Waals surface area contributed by atoms with Gasteiger partial charge in [0.2, 0.25) is 5.91 Å². The molecule has 0 bridgehead atoms. The minimum atomic E-state index is -1.15. The van der Waals surface area contributed by atoms with E-state index in [1.807, 2.05) is 30.3 Å². The lowest BCUT2D eigenvalue weighted by Gasteiger charge is -2.06. The summed E-state index contributed by atoms with van der Waals surface area (Å²) in [6.07, 6.45) is 0.739. The van der Waals surface area contributed by atoms with Crippen molar-refractivity contribution < 1.29 is 14.7 Å². The van der Waals surface area contributed by atoms with Crippen molar-refractivity contribution in [3.8, 4) is 0 Å². The molecule has 0 saturated heterocycles. The average molecular weight is 288 g/mol. The summed E-state index contributed by atoms with van der Waals surface area (Å²) in [7, 11) is 0. The van der Waals surface area contributed by atoms with Gasteiger partial charge in [0.1, 0.15) is 6.54 Å². The summed E-state index contributed by atoms with van der Waals surface area (Å²) < 4.78 is 1.28. The molecule has 2 aromatic rings. The number of amides is 1. The molecule has 1 aromatic carbocycles. The van der Waals surface area contributed by atoms with Gasteiger partial charge in [0.15, 0.2) is 5.69 Å². The van der Waals surface area contributed by atoms with Crippen molar-refractivity contribution in [2.24, 2.45) is 0 Å². The Balaban J connectivity index is 1.83. The molecule has 0 unspecified atom stereocenters. The summed E-state index contributed by atoms with van der Waals surface area (Å²) in [6, 6.07) is 9.82. The van der Waals surface area contributed by atoms with Crippen molar-refractivity contribution >= 4 is 11.9 Å². The lowest BCUT2D eigenvalue weighted by Crippen LogP contribution is -2.30. The van der Waals surface area contributed by atoms with E-state index in [0.29, 0.717) is 12.2 Å². The molecule has 2 N–H and O–H groups in total. The van der Waals surface area contributed by atoms with Crippen LogP contribution in [0, 0.1) is 6.92 Å². The first-order chi connectivity index (χ1) is 10.1. The molecule has 7 heteroatoms. The second-order valence-corrected chi connectivity index (χ2v) is 4.57. The third-order valence-electron chi connectivity index (χ3n) is 3.06. The zero-order valence-electron chi connectivity index (χ0n) is 11.6. The van der Waals surface area contributed by atoms with E-state index in [-0.39, 0.29) is 18.1 Å². The van der Waals surface area contributed by atoms with Crippen LogP contribution in [0.15, 0.2) is 30.3 Å². The Hall–Kier alpha value is -2.70. The largest absolute Gasteiger partial charge is 0.476 e. The predicted octanol–water partition coefficient (Wildman–Crippen LogP) is 0.644. The minimum absolute atomic E-state index is 0.0408. The van der Waals surface area contributed by atoms with Crippen LogP contribution in [-0.4, -0.2) is 38.5 Å². The molecule has 21 heavy (non-hydrogen) atoms. The van der Waals surface area contributed by atoms with Crippen molar-refractivity contribution in [1.29, 1.82) is 0 Å². The molecule has 0 atom stereocenters. The van der Waals surface area contributed by atoms with Gasteiger partial charge in [-0.05, 0) is 18.9 Å². The van der Waals surface area contributed by atoms with Gasteiger partial charge in [-0.1, -0.05) is 35.5 Å². The van der Waals surface area contributed by atoms with Crippen LogP contribution in [0.5, 0.6) is 0 Å². The van der Waals surface area contributed by atoms with Crippen LogP contribution in [0.4, 0.5) is 0 Å². The maximum Gasteiger partial charge on any atom is 0.358 e. The Morgan fingerprint density at radius 1 is 1.29 bits per heavy atom. The van der Waals surface area contributed by atoms with E-state index in [4.69, 9.17) is 5.11 Å². The first-order valence-corrected chi connectivity index (χ1v) is 6.52.